The van der Waals surface area contributed by atoms with Crippen molar-refractivity contribution in [3.05, 3.63) is 54.3 Å². The molecule has 2 rings (SSSR count). The van der Waals surface area contributed by atoms with E-state index in [1.807, 2.05) is 6.92 Å². The average Bonchev–Trinajstić information content (AvgIpc) is 3.24. The van der Waals surface area contributed by atoms with E-state index in [0.717, 1.165) is 5.57 Å². The number of hydrogen-bond acceptors (Lipinski definition) is 5. The number of allylic oxidation sites excluding steroid dienone is 4. The summed E-state index contributed by atoms with van der Waals surface area (Å²) in [5.74, 6) is -4.78. The number of amides is 1. The molecule has 32 heavy (non-hydrogen) atoms. The molecule has 0 radical (unpaired) electrons. The van der Waals surface area contributed by atoms with Crippen LogP contribution in [0.3, 0.4) is 0 Å². The van der Waals surface area contributed by atoms with Crippen molar-refractivity contribution in [3.63, 3.8) is 0 Å². The van der Waals surface area contributed by atoms with Crippen molar-refractivity contribution < 1.29 is 22.8 Å². The molecule has 1 amide bonds. The van der Waals surface area contributed by atoms with Gasteiger partial charge in [-0.1, -0.05) is 19.1 Å². The molecule has 1 fully saturated rings. The van der Waals surface area contributed by atoms with Crippen LogP contribution >= 0.6 is 0 Å². The van der Waals surface area contributed by atoms with Crippen LogP contribution in [-0.2, 0) is 9.59 Å². The van der Waals surface area contributed by atoms with Crippen molar-refractivity contribution in [3.8, 4) is 0 Å². The molecule has 1 saturated carbocycles. The lowest BCUT2D eigenvalue weighted by Crippen LogP contribution is -2.37. The molecule has 2 unspecified atom stereocenters. The van der Waals surface area contributed by atoms with Gasteiger partial charge in [0.15, 0.2) is 0 Å². The molecule has 0 bridgehead atoms. The zero-order valence-electron chi connectivity index (χ0n) is 18.0. The third-order valence-electron chi connectivity index (χ3n) is 5.19. The maximum Gasteiger partial charge on any atom is 0.450 e. The molecule has 0 spiro atoms. The first-order valence-corrected chi connectivity index (χ1v) is 10.1. The monoisotopic (exact) mass is 448 g/mol. The zero-order valence-corrected chi connectivity index (χ0v) is 18.0. The van der Waals surface area contributed by atoms with E-state index in [0.29, 0.717) is 29.2 Å². The van der Waals surface area contributed by atoms with E-state index in [1.165, 1.54) is 6.08 Å². The fourth-order valence-electron chi connectivity index (χ4n) is 3.47. The van der Waals surface area contributed by atoms with E-state index < -0.39 is 29.7 Å². The number of nitrogens with zero attached hydrogens (tertiary/aromatic N) is 1. The smallest absolute Gasteiger partial charge is 0.399 e. The Labute approximate surface area is 185 Å². The predicted octanol–water partition coefficient (Wildman–Crippen LogP) is 4.89. The van der Waals surface area contributed by atoms with Gasteiger partial charge >= 0.3 is 6.18 Å². The summed E-state index contributed by atoms with van der Waals surface area (Å²) in [6.45, 7) is 5.40. The van der Waals surface area contributed by atoms with Crippen LogP contribution in [0.4, 0.5) is 30.2 Å². The largest absolute Gasteiger partial charge is 0.450 e. The molecule has 1 aromatic rings. The fraction of sp³-hybridized carbons (Fsp3) is 0.348. The maximum atomic E-state index is 12.8. The minimum Gasteiger partial charge on any atom is -0.399 e. The van der Waals surface area contributed by atoms with Gasteiger partial charge in [-0.25, -0.2) is 0 Å². The highest BCUT2D eigenvalue weighted by Crippen LogP contribution is 2.38. The Hall–Kier alpha value is -3.36. The minimum atomic E-state index is -4.94. The van der Waals surface area contributed by atoms with Crippen LogP contribution in [0.1, 0.15) is 26.2 Å². The van der Waals surface area contributed by atoms with Gasteiger partial charge in [0.1, 0.15) is 0 Å². The molecule has 0 heterocycles. The molecule has 1 aliphatic carbocycles. The number of hydrogen-bond donors (Lipinski definition) is 3. The topological polar surface area (TPSA) is 96.6 Å². The molecule has 1 aromatic carbocycles. The Morgan fingerprint density at radius 3 is 2.53 bits per heavy atom. The second-order valence-corrected chi connectivity index (χ2v) is 7.52. The Kier molecular flexibility index (Phi) is 8.40. The highest BCUT2D eigenvalue weighted by Gasteiger charge is 2.49. The van der Waals surface area contributed by atoms with E-state index in [2.05, 4.69) is 22.2 Å². The van der Waals surface area contributed by atoms with E-state index >= 15 is 0 Å². The summed E-state index contributed by atoms with van der Waals surface area (Å²) in [6, 6.07) is 4.93. The minimum absolute atomic E-state index is 0.0566. The van der Waals surface area contributed by atoms with Crippen molar-refractivity contribution in [2.45, 2.75) is 32.4 Å². The third-order valence-corrected chi connectivity index (χ3v) is 5.19. The van der Waals surface area contributed by atoms with E-state index in [1.54, 1.807) is 43.6 Å². The molecular weight excluding hydrogens is 421 g/mol. The van der Waals surface area contributed by atoms with E-state index in [-0.39, 0.29) is 12.8 Å². The molecule has 0 saturated heterocycles. The van der Waals surface area contributed by atoms with Crippen LogP contribution in [-0.4, -0.2) is 31.1 Å². The second kappa shape index (κ2) is 10.8. The van der Waals surface area contributed by atoms with Gasteiger partial charge in [-0.2, -0.15) is 13.2 Å². The lowest BCUT2D eigenvalue weighted by molar-refractivity contribution is -0.177. The zero-order chi connectivity index (χ0) is 23.9. The predicted molar refractivity (Wildman–Crippen MR) is 121 cm³/mol. The summed E-state index contributed by atoms with van der Waals surface area (Å²) in [7, 11) is 1.72. The lowest BCUT2D eigenvalue weighted by Gasteiger charge is -2.19. The Morgan fingerprint density at radius 2 is 1.91 bits per heavy atom. The van der Waals surface area contributed by atoms with Gasteiger partial charge in [-0.15, -0.1) is 0 Å². The van der Waals surface area contributed by atoms with Crippen LogP contribution in [0.15, 0.2) is 59.3 Å². The summed E-state index contributed by atoms with van der Waals surface area (Å²) in [6.07, 6.45) is 2.33. The average molecular weight is 448 g/mol. The first-order chi connectivity index (χ1) is 15.1. The lowest BCUT2D eigenvalue weighted by atomic mass is 9.90. The molecule has 0 aliphatic heterocycles. The first-order valence-electron chi connectivity index (χ1n) is 10.1. The highest BCUT2D eigenvalue weighted by molar-refractivity contribution is 5.98. The number of carbonyl (C=O) groups is 2. The van der Waals surface area contributed by atoms with E-state index in [9.17, 15) is 22.8 Å². The van der Waals surface area contributed by atoms with Gasteiger partial charge in [0, 0.05) is 36.5 Å². The molecule has 9 heteroatoms. The van der Waals surface area contributed by atoms with Gasteiger partial charge in [-0.3, -0.25) is 14.6 Å². The number of carbonyl (C=O) groups excluding carboxylic acids is 2. The van der Waals surface area contributed by atoms with Crippen molar-refractivity contribution in [2.24, 2.45) is 22.6 Å². The molecule has 0 aromatic heterocycles. The number of rotatable bonds is 8. The Bertz CT molecular complexity index is 964. The number of ketones is 1. The summed E-state index contributed by atoms with van der Waals surface area (Å²) >= 11 is 0. The standard InChI is InChI=1S/C23H27F3N4O2/c1-4-15(27)9-8-14(2)13-29-20-12-16(10-11-19(20)28-3)30-22(32)18-7-5-6-17(18)21(31)23(24,25)26/h4,8-13,17-18,28H,1,5-7,27H2,2-3H3,(H,30,32)/b14-8+,15-9+,29-13?. The Balaban J connectivity index is 2.19. The number of Topliss-reactive ketones (excluding diaryl/α,β-unsaturated/α-hetero) is 1. The van der Waals surface area contributed by atoms with Gasteiger partial charge in [-0.05, 0) is 55.7 Å². The molecule has 1 aliphatic rings. The van der Waals surface area contributed by atoms with Crippen LogP contribution < -0.4 is 16.4 Å². The van der Waals surface area contributed by atoms with Crippen molar-refractivity contribution >= 4 is 35.0 Å². The normalized spacial score (nSPS) is 19.8. The number of nitrogens with one attached hydrogen (secondary N) is 2. The molecular formula is C23H27F3N4O2. The SMILES string of the molecule is C=C/C(N)=C\C=C(/C)C=Nc1cc(NC(=O)C2CCCC2C(=O)C(F)(F)F)ccc1NC. The third kappa shape index (κ3) is 6.57. The van der Waals surface area contributed by atoms with Crippen LogP contribution in [0, 0.1) is 11.8 Å². The summed E-state index contributed by atoms with van der Waals surface area (Å²) in [4.78, 5) is 28.7. The number of anilines is 2. The van der Waals surface area contributed by atoms with Gasteiger partial charge in [0.05, 0.1) is 11.4 Å². The van der Waals surface area contributed by atoms with Gasteiger partial charge in [0.2, 0.25) is 11.7 Å². The summed E-state index contributed by atoms with van der Waals surface area (Å²) < 4.78 is 38.5. The van der Waals surface area contributed by atoms with Crippen molar-refractivity contribution in [2.75, 3.05) is 17.7 Å². The first kappa shape index (κ1) is 24.9. The number of nitrogens with two attached hydrogens (primary N) is 1. The Morgan fingerprint density at radius 1 is 1.22 bits per heavy atom. The summed E-state index contributed by atoms with van der Waals surface area (Å²) in [5.41, 5.74) is 8.58. The summed E-state index contributed by atoms with van der Waals surface area (Å²) in [5, 5.41) is 5.63. The van der Waals surface area contributed by atoms with Crippen molar-refractivity contribution in [1.29, 1.82) is 0 Å². The number of alkyl halides is 3. The molecule has 6 nitrogen and oxygen atoms in total. The van der Waals surface area contributed by atoms with Gasteiger partial charge < -0.3 is 16.4 Å². The highest BCUT2D eigenvalue weighted by atomic mass is 19.4. The molecule has 2 atom stereocenters. The van der Waals surface area contributed by atoms with Crippen LogP contribution in [0.5, 0.6) is 0 Å². The molecule has 4 N–H and O–H groups in total. The maximum absolute atomic E-state index is 12.8. The number of halogens is 3. The number of aliphatic imine (C=N–C) groups is 1. The van der Waals surface area contributed by atoms with Gasteiger partial charge in [0.25, 0.3) is 0 Å². The number of benzene rings is 1. The van der Waals surface area contributed by atoms with E-state index in [4.69, 9.17) is 5.73 Å². The van der Waals surface area contributed by atoms with Crippen LogP contribution in [0.2, 0.25) is 0 Å². The quantitative estimate of drug-likeness (QED) is 0.390. The fourth-order valence-corrected chi connectivity index (χ4v) is 3.47. The van der Waals surface area contributed by atoms with Crippen LogP contribution in [0.25, 0.3) is 0 Å². The molecule has 172 valence electrons. The van der Waals surface area contributed by atoms with Crippen molar-refractivity contribution in [1.82, 2.24) is 0 Å². The second-order valence-electron chi connectivity index (χ2n) is 7.52.